The lowest BCUT2D eigenvalue weighted by atomic mass is 10.0. The molecular weight excluding hydrogens is 294 g/mol. The Balaban J connectivity index is 2.31. The standard InChI is InChI=1S/C17H29N3OS/c1-14(2)10-11-15(3)20-17(18-4)19-12-13-22(21)16-8-6-5-7-9-16/h5-9,14-15H,10-13H2,1-4H3,(H2,18,19,20). The molecule has 5 heteroatoms. The van der Waals surface area contributed by atoms with Crippen LogP contribution in [0.25, 0.3) is 0 Å². The predicted octanol–water partition coefficient (Wildman–Crippen LogP) is 2.78. The monoisotopic (exact) mass is 323 g/mol. The minimum atomic E-state index is -0.969. The second kappa shape index (κ2) is 10.4. The first-order valence-electron chi connectivity index (χ1n) is 7.93. The Kier molecular flexibility index (Phi) is 8.82. The molecule has 0 spiro atoms. The van der Waals surface area contributed by atoms with E-state index in [-0.39, 0.29) is 0 Å². The quantitative estimate of drug-likeness (QED) is 0.571. The van der Waals surface area contributed by atoms with Gasteiger partial charge in [0.15, 0.2) is 5.96 Å². The third-order valence-corrected chi connectivity index (χ3v) is 4.74. The highest BCUT2D eigenvalue weighted by molar-refractivity contribution is 7.85. The minimum Gasteiger partial charge on any atom is -0.355 e. The number of aliphatic imine (C=N–C) groups is 1. The molecule has 0 heterocycles. The highest BCUT2D eigenvalue weighted by atomic mass is 32.2. The maximum atomic E-state index is 12.1. The molecule has 0 saturated carbocycles. The zero-order valence-corrected chi connectivity index (χ0v) is 15.0. The van der Waals surface area contributed by atoms with Crippen LogP contribution in [0.3, 0.4) is 0 Å². The molecule has 0 saturated heterocycles. The van der Waals surface area contributed by atoms with Gasteiger partial charge in [-0.15, -0.1) is 0 Å². The average molecular weight is 324 g/mol. The van der Waals surface area contributed by atoms with Gasteiger partial charge in [-0.05, 0) is 37.8 Å². The summed E-state index contributed by atoms with van der Waals surface area (Å²) in [5, 5.41) is 6.61. The minimum absolute atomic E-state index is 0.383. The van der Waals surface area contributed by atoms with E-state index in [2.05, 4.69) is 36.4 Å². The van der Waals surface area contributed by atoms with Crippen molar-refractivity contribution in [2.45, 2.75) is 44.6 Å². The summed E-state index contributed by atoms with van der Waals surface area (Å²) in [6.07, 6.45) is 2.32. The normalized spacial score (nSPS) is 14.7. The highest BCUT2D eigenvalue weighted by Crippen LogP contribution is 2.06. The van der Waals surface area contributed by atoms with E-state index in [4.69, 9.17) is 0 Å². The molecule has 0 aliphatic carbocycles. The number of rotatable bonds is 8. The number of guanidine groups is 1. The van der Waals surface area contributed by atoms with Gasteiger partial charge in [0, 0.05) is 30.3 Å². The van der Waals surface area contributed by atoms with E-state index >= 15 is 0 Å². The van der Waals surface area contributed by atoms with Crippen LogP contribution in [0.15, 0.2) is 40.2 Å². The van der Waals surface area contributed by atoms with Gasteiger partial charge in [-0.2, -0.15) is 0 Å². The summed E-state index contributed by atoms with van der Waals surface area (Å²) >= 11 is 0. The Morgan fingerprint density at radius 1 is 1.18 bits per heavy atom. The fourth-order valence-electron chi connectivity index (χ4n) is 2.04. The lowest BCUT2D eigenvalue weighted by Crippen LogP contribution is -2.43. The van der Waals surface area contributed by atoms with Crippen molar-refractivity contribution in [1.29, 1.82) is 0 Å². The van der Waals surface area contributed by atoms with Crippen molar-refractivity contribution in [1.82, 2.24) is 10.6 Å². The molecule has 124 valence electrons. The largest absolute Gasteiger partial charge is 0.355 e. The van der Waals surface area contributed by atoms with Crippen molar-refractivity contribution in [2.75, 3.05) is 19.3 Å². The van der Waals surface area contributed by atoms with Crippen molar-refractivity contribution in [3.05, 3.63) is 30.3 Å². The van der Waals surface area contributed by atoms with Crippen molar-refractivity contribution in [3.63, 3.8) is 0 Å². The molecule has 1 rings (SSSR count). The molecule has 0 bridgehead atoms. The molecule has 0 aliphatic heterocycles. The van der Waals surface area contributed by atoms with Crippen LogP contribution in [0.4, 0.5) is 0 Å². The maximum absolute atomic E-state index is 12.1. The topological polar surface area (TPSA) is 53.5 Å². The first-order valence-corrected chi connectivity index (χ1v) is 9.25. The van der Waals surface area contributed by atoms with Crippen molar-refractivity contribution >= 4 is 16.8 Å². The van der Waals surface area contributed by atoms with Gasteiger partial charge in [0.25, 0.3) is 0 Å². The maximum Gasteiger partial charge on any atom is 0.191 e. The summed E-state index contributed by atoms with van der Waals surface area (Å²) in [4.78, 5) is 5.09. The van der Waals surface area contributed by atoms with Crippen LogP contribution in [0.5, 0.6) is 0 Å². The Morgan fingerprint density at radius 2 is 1.86 bits per heavy atom. The molecule has 0 aliphatic rings. The molecular formula is C17H29N3OS. The molecule has 1 aromatic carbocycles. The fourth-order valence-corrected chi connectivity index (χ4v) is 3.02. The van der Waals surface area contributed by atoms with Gasteiger partial charge in [0.05, 0.1) is 10.8 Å². The van der Waals surface area contributed by atoms with Crippen LogP contribution in [0.2, 0.25) is 0 Å². The first kappa shape index (κ1) is 18.7. The Hall–Kier alpha value is -1.36. The van der Waals surface area contributed by atoms with Gasteiger partial charge in [0.2, 0.25) is 0 Å². The van der Waals surface area contributed by atoms with Gasteiger partial charge in [-0.3, -0.25) is 9.20 Å². The van der Waals surface area contributed by atoms with Crippen LogP contribution in [-0.2, 0) is 10.8 Å². The SMILES string of the molecule is CN=C(NCCS(=O)c1ccccc1)NC(C)CCC(C)C. The molecule has 0 aromatic heterocycles. The smallest absolute Gasteiger partial charge is 0.191 e. The molecule has 2 unspecified atom stereocenters. The van der Waals surface area contributed by atoms with Crippen LogP contribution < -0.4 is 10.6 Å². The number of nitrogens with one attached hydrogen (secondary N) is 2. The summed E-state index contributed by atoms with van der Waals surface area (Å²) < 4.78 is 12.1. The molecule has 0 radical (unpaired) electrons. The average Bonchev–Trinajstić information content (AvgIpc) is 2.52. The summed E-state index contributed by atoms with van der Waals surface area (Å²) in [5.41, 5.74) is 0. The Labute approximate surface area is 137 Å². The third kappa shape index (κ3) is 7.59. The van der Waals surface area contributed by atoms with Crippen LogP contribution in [0.1, 0.15) is 33.6 Å². The van der Waals surface area contributed by atoms with Gasteiger partial charge < -0.3 is 10.6 Å². The van der Waals surface area contributed by atoms with Crippen LogP contribution in [0, 0.1) is 5.92 Å². The summed E-state index contributed by atoms with van der Waals surface area (Å²) in [7, 11) is 0.793. The van der Waals surface area contributed by atoms with Crippen molar-refractivity contribution in [2.24, 2.45) is 10.9 Å². The summed E-state index contributed by atoms with van der Waals surface area (Å²) in [6.45, 7) is 7.27. The van der Waals surface area contributed by atoms with Gasteiger partial charge >= 0.3 is 0 Å². The van der Waals surface area contributed by atoms with Crippen molar-refractivity contribution < 1.29 is 4.21 Å². The van der Waals surface area contributed by atoms with E-state index in [9.17, 15) is 4.21 Å². The van der Waals surface area contributed by atoms with Gasteiger partial charge in [-0.1, -0.05) is 32.0 Å². The highest BCUT2D eigenvalue weighted by Gasteiger charge is 2.07. The fraction of sp³-hybridized carbons (Fsp3) is 0.588. The number of benzene rings is 1. The number of hydrogen-bond acceptors (Lipinski definition) is 2. The van der Waals surface area contributed by atoms with E-state index < -0.39 is 10.8 Å². The van der Waals surface area contributed by atoms with E-state index in [1.54, 1.807) is 7.05 Å². The second-order valence-corrected chi connectivity index (χ2v) is 7.45. The summed E-state index contributed by atoms with van der Waals surface area (Å²) in [6, 6.07) is 9.94. The lowest BCUT2D eigenvalue weighted by Gasteiger charge is -2.18. The van der Waals surface area contributed by atoms with E-state index in [0.29, 0.717) is 24.3 Å². The Bertz CT molecular complexity index is 474. The molecule has 4 nitrogen and oxygen atoms in total. The van der Waals surface area contributed by atoms with Gasteiger partial charge in [0.1, 0.15) is 0 Å². The third-order valence-electron chi connectivity index (χ3n) is 3.37. The molecule has 22 heavy (non-hydrogen) atoms. The predicted molar refractivity (Wildman–Crippen MR) is 95.7 cm³/mol. The second-order valence-electron chi connectivity index (χ2n) is 5.88. The first-order chi connectivity index (χ1) is 10.5. The van der Waals surface area contributed by atoms with Crippen molar-refractivity contribution in [3.8, 4) is 0 Å². The van der Waals surface area contributed by atoms with E-state index in [0.717, 1.165) is 17.3 Å². The molecule has 0 amide bonds. The molecule has 1 aromatic rings. The zero-order chi connectivity index (χ0) is 16.4. The van der Waals surface area contributed by atoms with Crippen LogP contribution in [-0.4, -0.2) is 35.6 Å². The summed E-state index contributed by atoms with van der Waals surface area (Å²) in [5.74, 6) is 2.07. The lowest BCUT2D eigenvalue weighted by molar-refractivity contribution is 0.489. The Morgan fingerprint density at radius 3 is 2.45 bits per heavy atom. The van der Waals surface area contributed by atoms with E-state index in [1.165, 1.54) is 6.42 Å². The van der Waals surface area contributed by atoms with Gasteiger partial charge in [-0.25, -0.2) is 0 Å². The zero-order valence-electron chi connectivity index (χ0n) is 14.1. The molecule has 2 N–H and O–H groups in total. The molecule has 0 fully saturated rings. The van der Waals surface area contributed by atoms with E-state index in [1.807, 2.05) is 30.3 Å². The number of nitrogens with zero attached hydrogens (tertiary/aromatic N) is 1. The van der Waals surface area contributed by atoms with Crippen LogP contribution >= 0.6 is 0 Å². The number of hydrogen-bond donors (Lipinski definition) is 2. The molecule has 2 atom stereocenters.